The Morgan fingerprint density at radius 3 is 2.75 bits per heavy atom. The fourth-order valence-electron chi connectivity index (χ4n) is 0.920. The highest BCUT2D eigenvalue weighted by atomic mass is 32.1. The third kappa shape index (κ3) is 1.04. The number of hydrogen-bond donors (Lipinski definition) is 2. The number of aromatic nitrogens is 2. The van der Waals surface area contributed by atoms with Crippen LogP contribution in [0.25, 0.3) is 5.69 Å². The average molecular weight is 180 g/mol. The van der Waals surface area contributed by atoms with E-state index >= 15 is 0 Å². The van der Waals surface area contributed by atoms with Crippen LogP contribution in [0.2, 0.25) is 0 Å². The SMILES string of the molecule is Nc1cn(-c2ccsc2)nc1N. The van der Waals surface area contributed by atoms with E-state index in [1.54, 1.807) is 22.2 Å². The van der Waals surface area contributed by atoms with Gasteiger partial charge in [0.05, 0.1) is 17.6 Å². The summed E-state index contributed by atoms with van der Waals surface area (Å²) in [5.74, 6) is 0.376. The molecule has 0 saturated carbocycles. The summed E-state index contributed by atoms with van der Waals surface area (Å²) >= 11 is 1.61. The Hall–Kier alpha value is -1.49. The Morgan fingerprint density at radius 2 is 2.25 bits per heavy atom. The minimum Gasteiger partial charge on any atom is -0.394 e. The van der Waals surface area contributed by atoms with Gasteiger partial charge in [-0.15, -0.1) is 5.10 Å². The highest BCUT2D eigenvalue weighted by Gasteiger charge is 2.02. The molecule has 0 bridgehead atoms. The molecule has 2 rings (SSSR count). The molecule has 0 fully saturated rings. The van der Waals surface area contributed by atoms with Gasteiger partial charge in [0, 0.05) is 5.38 Å². The van der Waals surface area contributed by atoms with Crippen LogP contribution in [0.1, 0.15) is 0 Å². The number of nitrogens with zero attached hydrogens (tertiary/aromatic N) is 2. The number of rotatable bonds is 1. The predicted octanol–water partition coefficient (Wildman–Crippen LogP) is 1.10. The lowest BCUT2D eigenvalue weighted by Crippen LogP contribution is -1.93. The Balaban J connectivity index is 2.48. The molecule has 0 saturated heterocycles. The molecule has 0 aliphatic heterocycles. The monoisotopic (exact) mass is 180 g/mol. The quantitative estimate of drug-likeness (QED) is 0.690. The average Bonchev–Trinajstić information content (AvgIpc) is 2.61. The van der Waals surface area contributed by atoms with E-state index in [-0.39, 0.29) is 0 Å². The van der Waals surface area contributed by atoms with Gasteiger partial charge in [0.25, 0.3) is 0 Å². The zero-order valence-corrected chi connectivity index (χ0v) is 7.08. The van der Waals surface area contributed by atoms with E-state index in [1.165, 1.54) is 0 Å². The molecule has 0 atom stereocenters. The van der Waals surface area contributed by atoms with Gasteiger partial charge in [-0.05, 0) is 11.4 Å². The molecule has 2 aromatic heterocycles. The van der Waals surface area contributed by atoms with Gasteiger partial charge in [-0.25, -0.2) is 4.68 Å². The van der Waals surface area contributed by atoms with Gasteiger partial charge >= 0.3 is 0 Å². The van der Waals surface area contributed by atoms with Crippen molar-refractivity contribution in [3.8, 4) is 5.69 Å². The molecule has 4 nitrogen and oxygen atoms in total. The molecule has 2 heterocycles. The Kier molecular flexibility index (Phi) is 1.51. The molecule has 0 aliphatic rings. The molecule has 2 aromatic rings. The summed E-state index contributed by atoms with van der Waals surface area (Å²) in [6.45, 7) is 0. The van der Waals surface area contributed by atoms with E-state index in [0.717, 1.165) is 5.69 Å². The molecule has 0 unspecified atom stereocenters. The van der Waals surface area contributed by atoms with Crippen molar-refractivity contribution < 1.29 is 0 Å². The lowest BCUT2D eigenvalue weighted by Gasteiger charge is -1.92. The molecule has 0 aliphatic carbocycles. The van der Waals surface area contributed by atoms with Crippen molar-refractivity contribution in [2.75, 3.05) is 11.5 Å². The summed E-state index contributed by atoms with van der Waals surface area (Å²) in [5.41, 5.74) is 12.5. The molecule has 0 spiro atoms. The molecule has 62 valence electrons. The molecule has 0 aromatic carbocycles. The summed E-state index contributed by atoms with van der Waals surface area (Å²) in [4.78, 5) is 0. The molecule has 0 radical (unpaired) electrons. The van der Waals surface area contributed by atoms with E-state index in [0.29, 0.717) is 11.5 Å². The molecule has 0 amide bonds. The van der Waals surface area contributed by atoms with Crippen molar-refractivity contribution in [2.24, 2.45) is 0 Å². The van der Waals surface area contributed by atoms with E-state index in [2.05, 4.69) is 5.10 Å². The standard InChI is InChI=1S/C7H8N4S/c8-6-3-11(10-7(6)9)5-1-2-12-4-5/h1-4H,8H2,(H2,9,10). The first-order chi connectivity index (χ1) is 5.77. The third-order valence-corrected chi connectivity index (χ3v) is 2.21. The normalized spacial score (nSPS) is 10.3. The van der Waals surface area contributed by atoms with Gasteiger partial charge in [0.2, 0.25) is 0 Å². The highest BCUT2D eigenvalue weighted by Crippen LogP contribution is 2.16. The summed E-state index contributed by atoms with van der Waals surface area (Å²) in [5, 5.41) is 7.98. The van der Waals surface area contributed by atoms with Gasteiger partial charge in [-0.3, -0.25) is 0 Å². The Bertz CT molecular complexity index is 357. The van der Waals surface area contributed by atoms with Crippen LogP contribution in [-0.2, 0) is 0 Å². The van der Waals surface area contributed by atoms with Crippen molar-refractivity contribution in [1.82, 2.24) is 9.78 Å². The summed E-state index contributed by atoms with van der Waals surface area (Å²) < 4.78 is 1.67. The summed E-state index contributed by atoms with van der Waals surface area (Å²) in [7, 11) is 0. The largest absolute Gasteiger partial charge is 0.394 e. The van der Waals surface area contributed by atoms with Crippen LogP contribution >= 0.6 is 11.3 Å². The van der Waals surface area contributed by atoms with Gasteiger partial charge in [-0.2, -0.15) is 11.3 Å². The second kappa shape index (κ2) is 2.53. The van der Waals surface area contributed by atoms with Crippen LogP contribution in [0.4, 0.5) is 11.5 Å². The van der Waals surface area contributed by atoms with Crippen LogP contribution < -0.4 is 11.5 Å². The Labute approximate surface area is 73.4 Å². The van der Waals surface area contributed by atoms with E-state index in [9.17, 15) is 0 Å². The number of anilines is 2. The van der Waals surface area contributed by atoms with Gasteiger partial charge in [-0.1, -0.05) is 0 Å². The van der Waals surface area contributed by atoms with E-state index < -0.39 is 0 Å². The summed E-state index contributed by atoms with van der Waals surface area (Å²) in [6, 6.07) is 1.95. The second-order valence-corrected chi connectivity index (χ2v) is 3.18. The van der Waals surface area contributed by atoms with Crippen molar-refractivity contribution in [2.45, 2.75) is 0 Å². The molecular formula is C7H8N4S. The smallest absolute Gasteiger partial charge is 0.169 e. The molecular weight excluding hydrogens is 172 g/mol. The highest BCUT2D eigenvalue weighted by molar-refractivity contribution is 7.08. The minimum absolute atomic E-state index is 0.376. The van der Waals surface area contributed by atoms with Crippen LogP contribution in [0.3, 0.4) is 0 Å². The fourth-order valence-corrected chi connectivity index (χ4v) is 1.54. The van der Waals surface area contributed by atoms with Crippen LogP contribution in [0, 0.1) is 0 Å². The lowest BCUT2D eigenvalue weighted by atomic mass is 10.5. The first-order valence-corrected chi connectivity index (χ1v) is 4.35. The topological polar surface area (TPSA) is 69.9 Å². The van der Waals surface area contributed by atoms with Crippen molar-refractivity contribution in [1.29, 1.82) is 0 Å². The van der Waals surface area contributed by atoms with Crippen molar-refractivity contribution in [3.05, 3.63) is 23.0 Å². The van der Waals surface area contributed by atoms with E-state index in [1.807, 2.05) is 16.8 Å². The molecule has 5 heteroatoms. The van der Waals surface area contributed by atoms with Crippen LogP contribution in [0.15, 0.2) is 23.0 Å². The second-order valence-electron chi connectivity index (χ2n) is 2.40. The number of nitrogens with two attached hydrogens (primary N) is 2. The first kappa shape index (κ1) is 7.17. The summed E-state index contributed by atoms with van der Waals surface area (Å²) in [6.07, 6.45) is 1.71. The van der Waals surface area contributed by atoms with Crippen molar-refractivity contribution in [3.63, 3.8) is 0 Å². The first-order valence-electron chi connectivity index (χ1n) is 3.40. The van der Waals surface area contributed by atoms with Crippen LogP contribution in [0.5, 0.6) is 0 Å². The zero-order valence-electron chi connectivity index (χ0n) is 6.27. The van der Waals surface area contributed by atoms with Crippen LogP contribution in [-0.4, -0.2) is 9.78 Å². The number of thiophene rings is 1. The van der Waals surface area contributed by atoms with Gasteiger partial charge < -0.3 is 11.5 Å². The zero-order chi connectivity index (χ0) is 8.55. The fraction of sp³-hybridized carbons (Fsp3) is 0. The van der Waals surface area contributed by atoms with Crippen molar-refractivity contribution >= 4 is 22.8 Å². The maximum atomic E-state index is 5.54. The van der Waals surface area contributed by atoms with Gasteiger partial charge in [0.1, 0.15) is 0 Å². The number of nitrogen functional groups attached to an aromatic ring is 2. The predicted molar refractivity (Wildman–Crippen MR) is 50.3 cm³/mol. The lowest BCUT2D eigenvalue weighted by molar-refractivity contribution is 0.890. The minimum atomic E-state index is 0.376. The van der Waals surface area contributed by atoms with Gasteiger partial charge in [0.15, 0.2) is 5.82 Å². The maximum Gasteiger partial charge on any atom is 0.169 e. The third-order valence-electron chi connectivity index (χ3n) is 1.54. The Morgan fingerprint density at radius 1 is 1.42 bits per heavy atom. The van der Waals surface area contributed by atoms with E-state index in [4.69, 9.17) is 11.5 Å². The molecule has 12 heavy (non-hydrogen) atoms. The maximum absolute atomic E-state index is 5.54. The number of hydrogen-bond acceptors (Lipinski definition) is 4. The molecule has 4 N–H and O–H groups in total.